The number of rotatable bonds is 6. The summed E-state index contributed by atoms with van der Waals surface area (Å²) in [4.78, 5) is 1.28. The Kier molecular flexibility index (Phi) is 6.30. The van der Waals surface area contributed by atoms with E-state index in [0.29, 0.717) is 11.8 Å². The number of benzene rings is 1. The van der Waals surface area contributed by atoms with Gasteiger partial charge in [0.1, 0.15) is 4.34 Å². The van der Waals surface area contributed by atoms with Crippen molar-refractivity contribution in [2.24, 2.45) is 5.92 Å². The Morgan fingerprint density at radius 1 is 1.29 bits per heavy atom. The van der Waals surface area contributed by atoms with E-state index >= 15 is 0 Å². The first kappa shape index (κ1) is 17.0. The van der Waals surface area contributed by atoms with Crippen molar-refractivity contribution in [1.29, 1.82) is 0 Å². The summed E-state index contributed by atoms with van der Waals surface area (Å²) in [5, 5.41) is 3.50. The van der Waals surface area contributed by atoms with Crippen molar-refractivity contribution >= 4 is 38.9 Å². The van der Waals surface area contributed by atoms with Crippen LogP contribution in [0.1, 0.15) is 42.7 Å². The van der Waals surface area contributed by atoms with Gasteiger partial charge >= 0.3 is 0 Å². The average Bonchev–Trinajstić information content (AvgIpc) is 2.84. The Bertz CT molecular complexity index is 550. The van der Waals surface area contributed by atoms with Gasteiger partial charge in [0.25, 0.3) is 0 Å². The van der Waals surface area contributed by atoms with E-state index in [1.54, 1.807) is 11.3 Å². The molecule has 1 aromatic carbocycles. The van der Waals surface area contributed by atoms with Crippen LogP contribution in [0.25, 0.3) is 0 Å². The first-order chi connectivity index (χ1) is 10.1. The molecule has 0 amide bonds. The quantitative estimate of drug-likeness (QED) is 0.618. The first-order valence-corrected chi connectivity index (χ1v) is 9.24. The van der Waals surface area contributed by atoms with Crippen molar-refractivity contribution < 1.29 is 0 Å². The van der Waals surface area contributed by atoms with E-state index in [1.807, 2.05) is 7.05 Å². The van der Waals surface area contributed by atoms with E-state index in [2.05, 4.69) is 71.5 Å². The summed E-state index contributed by atoms with van der Waals surface area (Å²) in [7, 11) is 2.03. The van der Waals surface area contributed by atoms with E-state index in [4.69, 9.17) is 11.6 Å². The van der Waals surface area contributed by atoms with Crippen molar-refractivity contribution in [3.05, 3.63) is 55.6 Å². The van der Waals surface area contributed by atoms with Crippen LogP contribution in [-0.4, -0.2) is 7.05 Å². The van der Waals surface area contributed by atoms with Crippen molar-refractivity contribution in [2.45, 2.75) is 32.2 Å². The molecule has 1 heterocycles. The number of hydrogen-bond acceptors (Lipinski definition) is 2. The largest absolute Gasteiger partial charge is 0.312 e. The highest BCUT2D eigenvalue weighted by atomic mass is 79.9. The summed E-state index contributed by atoms with van der Waals surface area (Å²) in [6, 6.07) is 13.2. The van der Waals surface area contributed by atoms with Crippen molar-refractivity contribution in [2.75, 3.05) is 7.05 Å². The Hall–Kier alpha value is -0.350. The molecule has 1 N–H and O–H groups in total. The van der Waals surface area contributed by atoms with Gasteiger partial charge in [0, 0.05) is 21.3 Å². The molecule has 2 aromatic rings. The lowest BCUT2D eigenvalue weighted by atomic mass is 9.79. The summed E-state index contributed by atoms with van der Waals surface area (Å²) in [5.41, 5.74) is 1.38. The van der Waals surface area contributed by atoms with Gasteiger partial charge in [-0.15, -0.1) is 11.3 Å². The van der Waals surface area contributed by atoms with Gasteiger partial charge in [-0.1, -0.05) is 62.2 Å². The van der Waals surface area contributed by atoms with Crippen molar-refractivity contribution in [3.8, 4) is 0 Å². The van der Waals surface area contributed by atoms with Gasteiger partial charge in [0.2, 0.25) is 0 Å². The summed E-state index contributed by atoms with van der Waals surface area (Å²) in [5.74, 6) is 1.02. The molecule has 1 nitrogen and oxygen atoms in total. The first-order valence-electron chi connectivity index (χ1n) is 7.25. The molecule has 3 atom stereocenters. The maximum atomic E-state index is 6.24. The molecule has 0 fully saturated rings. The van der Waals surface area contributed by atoms with Gasteiger partial charge in [0.15, 0.2) is 0 Å². The van der Waals surface area contributed by atoms with Gasteiger partial charge in [-0.2, -0.15) is 0 Å². The molecule has 114 valence electrons. The highest BCUT2D eigenvalue weighted by Crippen LogP contribution is 2.43. The molecule has 4 heteroatoms. The molecule has 0 spiro atoms. The number of hydrogen-bond donors (Lipinski definition) is 1. The minimum atomic E-state index is 0.274. The molecule has 0 aliphatic rings. The lowest BCUT2D eigenvalue weighted by Gasteiger charge is -2.31. The highest BCUT2D eigenvalue weighted by Gasteiger charge is 2.29. The van der Waals surface area contributed by atoms with Crippen LogP contribution in [0.15, 0.2) is 40.9 Å². The third kappa shape index (κ3) is 3.89. The fourth-order valence-electron chi connectivity index (χ4n) is 2.79. The number of likely N-dealkylation sites (N-methyl/N-ethyl adjacent to an activating group) is 1. The summed E-state index contributed by atoms with van der Waals surface area (Å²) >= 11 is 11.4. The minimum absolute atomic E-state index is 0.274. The standard InChI is InChI=1S/C17H21BrClNS/c1-4-11(2)15(12-8-6-5-7-9-12)16(20-3)14-10-13(18)17(19)21-14/h5-11,15-16,20H,4H2,1-3H3. The fourth-order valence-corrected chi connectivity index (χ4v) is 4.69. The van der Waals surface area contributed by atoms with Crippen LogP contribution >= 0.6 is 38.9 Å². The lowest BCUT2D eigenvalue weighted by molar-refractivity contribution is 0.358. The zero-order valence-corrected chi connectivity index (χ0v) is 15.7. The van der Waals surface area contributed by atoms with Gasteiger partial charge < -0.3 is 5.32 Å². The molecule has 3 unspecified atom stereocenters. The van der Waals surface area contributed by atoms with Gasteiger partial charge in [0.05, 0.1) is 0 Å². The molecule has 0 bridgehead atoms. The van der Waals surface area contributed by atoms with Crippen molar-refractivity contribution in [3.63, 3.8) is 0 Å². The minimum Gasteiger partial charge on any atom is -0.312 e. The summed E-state index contributed by atoms with van der Waals surface area (Å²) in [6.45, 7) is 4.58. The second-order valence-corrected chi connectivity index (χ2v) is 7.90. The van der Waals surface area contributed by atoms with E-state index in [-0.39, 0.29) is 6.04 Å². The second kappa shape index (κ2) is 7.77. The Morgan fingerprint density at radius 2 is 1.95 bits per heavy atom. The predicted octanol–water partition coefficient (Wildman–Crippen LogP) is 6.25. The smallest absolute Gasteiger partial charge is 0.107 e. The third-order valence-electron chi connectivity index (χ3n) is 4.08. The SMILES string of the molecule is CCC(C)C(c1ccccc1)C(NC)c1cc(Br)c(Cl)s1. The maximum absolute atomic E-state index is 6.24. The summed E-state index contributed by atoms with van der Waals surface area (Å²) in [6.07, 6.45) is 1.15. The van der Waals surface area contributed by atoms with Crippen LogP contribution in [0.4, 0.5) is 0 Å². The number of thiophene rings is 1. The molecule has 0 radical (unpaired) electrons. The zero-order chi connectivity index (χ0) is 15.4. The van der Waals surface area contributed by atoms with Crippen LogP contribution in [0.2, 0.25) is 4.34 Å². The van der Waals surface area contributed by atoms with Crippen LogP contribution < -0.4 is 5.32 Å². The predicted molar refractivity (Wildman–Crippen MR) is 97.5 cm³/mol. The maximum Gasteiger partial charge on any atom is 0.107 e. The molecule has 0 aliphatic heterocycles. The topological polar surface area (TPSA) is 12.0 Å². The normalized spacial score (nSPS) is 15.7. The van der Waals surface area contributed by atoms with Gasteiger partial charge in [-0.3, -0.25) is 0 Å². The molecular weight excluding hydrogens is 366 g/mol. The van der Waals surface area contributed by atoms with Crippen LogP contribution in [0, 0.1) is 5.92 Å². The molecule has 0 saturated heterocycles. The Balaban J connectivity index is 2.42. The molecule has 21 heavy (non-hydrogen) atoms. The highest BCUT2D eigenvalue weighted by molar-refractivity contribution is 9.10. The van der Waals surface area contributed by atoms with E-state index < -0.39 is 0 Å². The molecule has 0 saturated carbocycles. The molecule has 1 aromatic heterocycles. The van der Waals surface area contributed by atoms with Crippen LogP contribution in [-0.2, 0) is 0 Å². The van der Waals surface area contributed by atoms with E-state index in [1.165, 1.54) is 10.4 Å². The van der Waals surface area contributed by atoms with Crippen molar-refractivity contribution in [1.82, 2.24) is 5.32 Å². The Labute approximate surface area is 144 Å². The number of halogens is 2. The molecule has 2 rings (SSSR count). The van der Waals surface area contributed by atoms with Crippen LogP contribution in [0.3, 0.4) is 0 Å². The van der Waals surface area contributed by atoms with Gasteiger partial charge in [-0.25, -0.2) is 0 Å². The molecule has 0 aliphatic carbocycles. The summed E-state index contributed by atoms with van der Waals surface area (Å²) < 4.78 is 1.81. The molecular formula is C17H21BrClNS. The number of nitrogens with one attached hydrogen (secondary N) is 1. The monoisotopic (exact) mass is 385 g/mol. The fraction of sp³-hybridized carbons (Fsp3) is 0.412. The van der Waals surface area contributed by atoms with Gasteiger partial charge in [-0.05, 0) is 40.5 Å². The van der Waals surface area contributed by atoms with Crippen LogP contribution in [0.5, 0.6) is 0 Å². The van der Waals surface area contributed by atoms with E-state index in [9.17, 15) is 0 Å². The lowest BCUT2D eigenvalue weighted by Crippen LogP contribution is -2.27. The average molecular weight is 387 g/mol. The third-order valence-corrected chi connectivity index (χ3v) is 6.64. The van der Waals surface area contributed by atoms with E-state index in [0.717, 1.165) is 15.2 Å². The zero-order valence-electron chi connectivity index (χ0n) is 12.6. The second-order valence-electron chi connectivity index (χ2n) is 5.36. The Morgan fingerprint density at radius 3 is 2.43 bits per heavy atom.